The summed E-state index contributed by atoms with van der Waals surface area (Å²) in [6, 6.07) is 4.14. The van der Waals surface area contributed by atoms with Crippen LogP contribution in [-0.4, -0.2) is 18.6 Å². The lowest BCUT2D eigenvalue weighted by atomic mass is 9.91. The lowest BCUT2D eigenvalue weighted by Gasteiger charge is -2.26. The highest BCUT2D eigenvalue weighted by Gasteiger charge is 2.65. The third kappa shape index (κ3) is 1.66. The topological polar surface area (TPSA) is 38.3 Å². The van der Waals surface area contributed by atoms with Crippen LogP contribution in [0.4, 0.5) is 13.2 Å². The number of carbonyl (C=O) groups excluding carboxylic acids is 1. The minimum Gasteiger partial charge on any atom is -0.468 e. The first kappa shape index (κ1) is 12.5. The molecule has 0 unspecified atom stereocenters. The van der Waals surface area contributed by atoms with Crippen molar-refractivity contribution in [3.8, 4) is 0 Å². The van der Waals surface area contributed by atoms with Gasteiger partial charge in [0, 0.05) is 12.5 Å². The Balaban J connectivity index is 2.08. The minimum absolute atomic E-state index is 0.249. The van der Waals surface area contributed by atoms with Crippen LogP contribution in [0.2, 0.25) is 0 Å². The van der Waals surface area contributed by atoms with E-state index in [0.29, 0.717) is 12.0 Å². The number of hydrogen-bond acceptors (Lipinski definition) is 3. The van der Waals surface area contributed by atoms with Gasteiger partial charge in [-0.3, -0.25) is 10.1 Å². The van der Waals surface area contributed by atoms with Crippen LogP contribution in [0.3, 0.4) is 0 Å². The smallest absolute Gasteiger partial charge is 0.416 e. The minimum atomic E-state index is -4.40. The number of carbonyl (C=O) groups is 1. The van der Waals surface area contributed by atoms with Crippen molar-refractivity contribution in [1.82, 2.24) is 5.32 Å². The van der Waals surface area contributed by atoms with E-state index in [1.807, 2.05) is 0 Å². The van der Waals surface area contributed by atoms with E-state index in [1.54, 1.807) is 6.07 Å². The number of benzene rings is 1. The molecule has 102 valence electrons. The van der Waals surface area contributed by atoms with Gasteiger partial charge in [-0.2, -0.15) is 13.2 Å². The summed E-state index contributed by atoms with van der Waals surface area (Å²) in [5, 5.41) is 3.01. The predicted molar refractivity (Wildman–Crippen MR) is 60.4 cm³/mol. The first-order valence-corrected chi connectivity index (χ1v) is 5.92. The van der Waals surface area contributed by atoms with Gasteiger partial charge in [0.05, 0.1) is 12.7 Å². The molecule has 3 nitrogen and oxygen atoms in total. The van der Waals surface area contributed by atoms with Crippen LogP contribution in [-0.2, 0) is 22.3 Å². The Morgan fingerprint density at radius 3 is 2.84 bits per heavy atom. The number of hydrogen-bond donors (Lipinski definition) is 1. The quantitative estimate of drug-likeness (QED) is 0.796. The molecule has 1 aromatic carbocycles. The second kappa shape index (κ2) is 3.72. The molecule has 2 aliphatic rings. The number of ether oxygens (including phenoxy) is 1. The van der Waals surface area contributed by atoms with Crippen LogP contribution in [0.15, 0.2) is 18.2 Å². The number of esters is 1. The number of nitrogens with one attached hydrogen (secondary N) is 1. The molecule has 1 N–H and O–H groups in total. The highest BCUT2D eigenvalue weighted by molar-refractivity contribution is 5.88. The van der Waals surface area contributed by atoms with Crippen molar-refractivity contribution in [2.75, 3.05) is 7.11 Å². The van der Waals surface area contributed by atoms with Gasteiger partial charge in [0.25, 0.3) is 0 Å². The van der Waals surface area contributed by atoms with E-state index >= 15 is 0 Å². The van der Waals surface area contributed by atoms with Crippen molar-refractivity contribution < 1.29 is 22.7 Å². The number of alkyl halides is 3. The summed E-state index contributed by atoms with van der Waals surface area (Å²) in [7, 11) is 1.25. The van der Waals surface area contributed by atoms with Crippen LogP contribution >= 0.6 is 0 Å². The van der Waals surface area contributed by atoms with Crippen molar-refractivity contribution in [3.05, 3.63) is 34.9 Å². The van der Waals surface area contributed by atoms with Crippen molar-refractivity contribution in [3.63, 3.8) is 0 Å². The lowest BCUT2D eigenvalue weighted by molar-refractivity contribution is -0.145. The summed E-state index contributed by atoms with van der Waals surface area (Å²) in [6.07, 6.45) is -4.03. The van der Waals surface area contributed by atoms with Gasteiger partial charge in [-0.05, 0) is 23.6 Å². The standard InChI is InChI=1S/C13H12F3NO2/c1-19-11(18)12-5-9(12)10-7(6-17-12)3-2-4-8(10)13(14,15)16/h2-4,9,17H,5-6H2,1H3/t9-,12-/m1/s1. The Bertz CT molecular complexity index is 555. The maximum absolute atomic E-state index is 13.0. The van der Waals surface area contributed by atoms with Gasteiger partial charge in [-0.25, -0.2) is 0 Å². The fourth-order valence-electron chi connectivity index (χ4n) is 2.97. The molecule has 0 amide bonds. The SMILES string of the molecule is COC(=O)[C@@]12C[C@@H]1c1c(cccc1C(F)(F)F)CN2. The van der Waals surface area contributed by atoms with Crippen LogP contribution in [0.5, 0.6) is 0 Å². The fraction of sp³-hybridized carbons (Fsp3) is 0.462. The zero-order valence-electron chi connectivity index (χ0n) is 10.2. The van der Waals surface area contributed by atoms with Gasteiger partial charge in [0.2, 0.25) is 0 Å². The van der Waals surface area contributed by atoms with E-state index in [-0.39, 0.29) is 12.1 Å². The third-order valence-electron chi connectivity index (χ3n) is 3.96. The Labute approximate surface area is 107 Å². The largest absolute Gasteiger partial charge is 0.468 e. The molecule has 1 fully saturated rings. The predicted octanol–water partition coefficient (Wildman–Crippen LogP) is 2.21. The zero-order valence-corrected chi connectivity index (χ0v) is 10.2. The highest BCUT2D eigenvalue weighted by atomic mass is 19.4. The van der Waals surface area contributed by atoms with E-state index in [2.05, 4.69) is 5.32 Å². The second-order valence-corrected chi connectivity index (χ2v) is 4.95. The first-order valence-electron chi connectivity index (χ1n) is 5.92. The monoisotopic (exact) mass is 271 g/mol. The van der Waals surface area contributed by atoms with Gasteiger partial charge in [0.1, 0.15) is 5.54 Å². The Hall–Kier alpha value is -1.56. The highest BCUT2D eigenvalue weighted by Crippen LogP contribution is 2.58. The summed E-state index contributed by atoms with van der Waals surface area (Å²) in [5.41, 5.74) is -0.735. The molecule has 0 saturated heterocycles. The molecule has 1 aliphatic carbocycles. The molecule has 0 aromatic heterocycles. The Morgan fingerprint density at radius 2 is 2.21 bits per heavy atom. The van der Waals surface area contributed by atoms with Crippen molar-refractivity contribution in [2.45, 2.75) is 30.6 Å². The molecule has 2 atom stereocenters. The number of methoxy groups -OCH3 is 1. The van der Waals surface area contributed by atoms with Gasteiger partial charge in [0.15, 0.2) is 0 Å². The van der Waals surface area contributed by atoms with Crippen LogP contribution in [0, 0.1) is 0 Å². The number of rotatable bonds is 1. The molecule has 6 heteroatoms. The summed E-state index contributed by atoms with van der Waals surface area (Å²) < 4.78 is 43.8. The van der Waals surface area contributed by atoms with E-state index in [1.165, 1.54) is 13.2 Å². The first-order chi connectivity index (χ1) is 8.90. The number of halogens is 3. The van der Waals surface area contributed by atoms with E-state index in [4.69, 9.17) is 4.74 Å². The molecule has 1 aliphatic heterocycles. The molecule has 0 bridgehead atoms. The lowest BCUT2D eigenvalue weighted by Crippen LogP contribution is -2.44. The third-order valence-corrected chi connectivity index (χ3v) is 3.96. The summed E-state index contributed by atoms with van der Waals surface area (Å²) in [5.74, 6) is -0.929. The fourth-order valence-corrected chi connectivity index (χ4v) is 2.97. The van der Waals surface area contributed by atoms with Gasteiger partial charge in [-0.1, -0.05) is 12.1 Å². The Kier molecular flexibility index (Phi) is 2.44. The van der Waals surface area contributed by atoms with E-state index in [9.17, 15) is 18.0 Å². The number of fused-ring (bicyclic) bond motifs is 3. The van der Waals surface area contributed by atoms with Crippen molar-refractivity contribution >= 4 is 5.97 Å². The molecule has 1 saturated carbocycles. The average molecular weight is 271 g/mol. The molecule has 1 aromatic rings. The van der Waals surface area contributed by atoms with E-state index < -0.39 is 29.2 Å². The van der Waals surface area contributed by atoms with Crippen LogP contribution in [0.1, 0.15) is 29.0 Å². The maximum Gasteiger partial charge on any atom is 0.416 e. The second-order valence-electron chi connectivity index (χ2n) is 4.95. The average Bonchev–Trinajstić information content (AvgIpc) is 3.12. The van der Waals surface area contributed by atoms with Gasteiger partial charge < -0.3 is 4.74 Å². The zero-order chi connectivity index (χ0) is 13.8. The molecule has 0 spiro atoms. The molecular formula is C13H12F3NO2. The summed E-state index contributed by atoms with van der Waals surface area (Å²) >= 11 is 0. The van der Waals surface area contributed by atoms with Crippen LogP contribution < -0.4 is 5.32 Å². The summed E-state index contributed by atoms with van der Waals surface area (Å²) in [4.78, 5) is 11.7. The molecule has 3 rings (SSSR count). The normalized spacial score (nSPS) is 28.3. The Morgan fingerprint density at radius 1 is 1.47 bits per heavy atom. The van der Waals surface area contributed by atoms with Crippen molar-refractivity contribution in [1.29, 1.82) is 0 Å². The van der Waals surface area contributed by atoms with Gasteiger partial charge >= 0.3 is 12.1 Å². The summed E-state index contributed by atoms with van der Waals surface area (Å²) in [6.45, 7) is 0.255. The molecule has 1 heterocycles. The molecule has 19 heavy (non-hydrogen) atoms. The molecular weight excluding hydrogens is 259 g/mol. The van der Waals surface area contributed by atoms with Crippen LogP contribution in [0.25, 0.3) is 0 Å². The van der Waals surface area contributed by atoms with E-state index in [0.717, 1.165) is 6.07 Å². The van der Waals surface area contributed by atoms with Crippen molar-refractivity contribution in [2.24, 2.45) is 0 Å². The van der Waals surface area contributed by atoms with Gasteiger partial charge in [-0.15, -0.1) is 0 Å². The molecule has 0 radical (unpaired) electrons. The maximum atomic E-state index is 13.0.